The van der Waals surface area contributed by atoms with E-state index in [4.69, 9.17) is 4.74 Å². The van der Waals surface area contributed by atoms with Crippen LogP contribution in [0.3, 0.4) is 0 Å². The Morgan fingerprint density at radius 3 is 2.50 bits per heavy atom. The third-order valence-corrected chi connectivity index (χ3v) is 4.40. The third-order valence-electron chi connectivity index (χ3n) is 4.40. The van der Waals surface area contributed by atoms with Crippen LogP contribution in [0.2, 0.25) is 0 Å². The zero-order chi connectivity index (χ0) is 18.4. The molecule has 0 spiro atoms. The van der Waals surface area contributed by atoms with Crippen molar-refractivity contribution >= 4 is 0 Å². The molecule has 26 heavy (non-hydrogen) atoms. The average Bonchev–Trinajstić information content (AvgIpc) is 3.21. The van der Waals surface area contributed by atoms with Crippen LogP contribution >= 0.6 is 0 Å². The summed E-state index contributed by atoms with van der Waals surface area (Å²) >= 11 is 0. The molecule has 6 nitrogen and oxygen atoms in total. The van der Waals surface area contributed by atoms with Gasteiger partial charge < -0.3 is 9.84 Å². The number of ether oxygens (including phenoxy) is 1. The lowest BCUT2D eigenvalue weighted by atomic mass is 10.1. The number of nitrogens with zero attached hydrogens (tertiary/aromatic N) is 4. The molecular weight excluding hydrogens is 328 g/mol. The van der Waals surface area contributed by atoms with Gasteiger partial charge in [0.05, 0.1) is 5.69 Å². The van der Waals surface area contributed by atoms with Crippen LogP contribution in [0, 0.1) is 0 Å². The Bertz CT molecular complexity index is 775. The van der Waals surface area contributed by atoms with Crippen LogP contribution in [0.25, 0.3) is 5.69 Å². The Labute approximate surface area is 153 Å². The van der Waals surface area contributed by atoms with Crippen LogP contribution < -0.4 is 4.74 Å². The summed E-state index contributed by atoms with van der Waals surface area (Å²) in [4.78, 5) is 6.07. The number of hydrogen-bond donors (Lipinski definition) is 1. The van der Waals surface area contributed by atoms with Crippen LogP contribution in [-0.4, -0.2) is 51.1 Å². The molecule has 0 aliphatic carbocycles. The molecule has 0 fully saturated rings. The first kappa shape index (κ1) is 18.1. The fourth-order valence-electron chi connectivity index (χ4n) is 2.75. The summed E-state index contributed by atoms with van der Waals surface area (Å²) in [5.41, 5.74) is 2.14. The molecule has 0 saturated carbocycles. The Kier molecular flexibility index (Phi) is 5.99. The minimum Gasteiger partial charge on any atom is -0.491 e. The number of likely N-dealkylation sites (N-methyl/N-ethyl adjacent to an activating group) is 1. The van der Waals surface area contributed by atoms with Gasteiger partial charge in [0.15, 0.2) is 0 Å². The fourth-order valence-corrected chi connectivity index (χ4v) is 2.75. The first-order valence-corrected chi connectivity index (χ1v) is 8.64. The van der Waals surface area contributed by atoms with E-state index in [1.807, 2.05) is 49.5 Å². The maximum absolute atomic E-state index is 10.3. The predicted molar refractivity (Wildman–Crippen MR) is 100 cm³/mol. The second-order valence-corrected chi connectivity index (χ2v) is 6.33. The molecule has 0 aliphatic heterocycles. The largest absolute Gasteiger partial charge is 0.491 e. The van der Waals surface area contributed by atoms with Gasteiger partial charge >= 0.3 is 0 Å². The SMILES string of the molecule is C[C@H](c1ccc(-n2cncn2)cc1)N(C)C[C@H](O)COc1ccccc1. The topological polar surface area (TPSA) is 63.4 Å². The zero-order valence-electron chi connectivity index (χ0n) is 15.1. The van der Waals surface area contributed by atoms with E-state index in [9.17, 15) is 5.11 Å². The molecule has 0 radical (unpaired) electrons. The molecule has 3 aromatic rings. The van der Waals surface area contributed by atoms with Crippen molar-refractivity contribution in [1.29, 1.82) is 0 Å². The van der Waals surface area contributed by atoms with E-state index in [0.717, 1.165) is 11.4 Å². The second-order valence-electron chi connectivity index (χ2n) is 6.33. The number of benzene rings is 2. The standard InChI is InChI=1S/C20H24N4O2/c1-16(17-8-10-18(11-9-17)24-15-21-14-22-24)23(2)12-19(25)13-26-20-6-4-3-5-7-20/h3-11,14-16,19,25H,12-13H2,1-2H3/t16-,19+/m1/s1. The van der Waals surface area contributed by atoms with Gasteiger partial charge in [0.25, 0.3) is 0 Å². The average molecular weight is 352 g/mol. The summed E-state index contributed by atoms with van der Waals surface area (Å²) < 4.78 is 7.34. The fraction of sp³-hybridized carbons (Fsp3) is 0.300. The van der Waals surface area contributed by atoms with Gasteiger partial charge in [0.2, 0.25) is 0 Å². The van der Waals surface area contributed by atoms with E-state index in [1.54, 1.807) is 11.0 Å². The second kappa shape index (κ2) is 8.60. The van der Waals surface area contributed by atoms with Crippen LogP contribution in [0.4, 0.5) is 0 Å². The molecule has 0 aliphatic rings. The van der Waals surface area contributed by atoms with E-state index in [1.165, 1.54) is 11.9 Å². The third kappa shape index (κ3) is 4.68. The summed E-state index contributed by atoms with van der Waals surface area (Å²) in [6, 6.07) is 17.9. The summed E-state index contributed by atoms with van der Waals surface area (Å²) in [6.07, 6.45) is 2.63. The minimum absolute atomic E-state index is 0.172. The number of rotatable bonds is 8. The molecule has 2 aromatic carbocycles. The molecule has 136 valence electrons. The number of aromatic nitrogens is 3. The highest BCUT2D eigenvalue weighted by Crippen LogP contribution is 2.20. The van der Waals surface area contributed by atoms with E-state index in [2.05, 4.69) is 34.0 Å². The van der Waals surface area contributed by atoms with Gasteiger partial charge in [-0.25, -0.2) is 9.67 Å². The van der Waals surface area contributed by atoms with Gasteiger partial charge in [-0.15, -0.1) is 0 Å². The molecule has 2 atom stereocenters. The van der Waals surface area contributed by atoms with E-state index < -0.39 is 6.10 Å². The highest BCUT2D eigenvalue weighted by atomic mass is 16.5. The number of aliphatic hydroxyl groups excluding tert-OH is 1. The van der Waals surface area contributed by atoms with Crippen molar-refractivity contribution < 1.29 is 9.84 Å². The maximum Gasteiger partial charge on any atom is 0.138 e. The Morgan fingerprint density at radius 1 is 1.12 bits per heavy atom. The summed E-state index contributed by atoms with van der Waals surface area (Å²) in [5, 5.41) is 14.4. The molecule has 6 heteroatoms. The first-order valence-electron chi connectivity index (χ1n) is 8.64. The van der Waals surface area contributed by atoms with E-state index >= 15 is 0 Å². The molecule has 1 heterocycles. The van der Waals surface area contributed by atoms with Gasteiger partial charge in [0, 0.05) is 12.6 Å². The van der Waals surface area contributed by atoms with Crippen LogP contribution in [0.1, 0.15) is 18.5 Å². The van der Waals surface area contributed by atoms with Crippen LogP contribution in [0.5, 0.6) is 5.75 Å². The lowest BCUT2D eigenvalue weighted by Crippen LogP contribution is -2.34. The van der Waals surface area contributed by atoms with Gasteiger partial charge in [-0.1, -0.05) is 30.3 Å². The highest BCUT2D eigenvalue weighted by molar-refractivity contribution is 5.34. The molecule has 0 saturated heterocycles. The van der Waals surface area contributed by atoms with Crippen molar-refractivity contribution in [2.24, 2.45) is 0 Å². The zero-order valence-corrected chi connectivity index (χ0v) is 15.1. The van der Waals surface area contributed by atoms with Crippen LogP contribution in [0.15, 0.2) is 67.3 Å². The van der Waals surface area contributed by atoms with E-state index in [-0.39, 0.29) is 12.6 Å². The van der Waals surface area contributed by atoms with Gasteiger partial charge in [-0.2, -0.15) is 5.10 Å². The first-order chi connectivity index (χ1) is 12.6. The Morgan fingerprint density at radius 2 is 1.85 bits per heavy atom. The number of aliphatic hydroxyl groups is 1. The Balaban J connectivity index is 1.52. The van der Waals surface area contributed by atoms with Gasteiger partial charge in [0.1, 0.15) is 31.1 Å². The van der Waals surface area contributed by atoms with Gasteiger partial charge in [-0.3, -0.25) is 4.90 Å². The highest BCUT2D eigenvalue weighted by Gasteiger charge is 2.16. The molecule has 1 aromatic heterocycles. The number of hydrogen-bond acceptors (Lipinski definition) is 5. The van der Waals surface area contributed by atoms with E-state index in [0.29, 0.717) is 6.54 Å². The van der Waals surface area contributed by atoms with Crippen molar-refractivity contribution in [2.75, 3.05) is 20.2 Å². The Hall–Kier alpha value is -2.70. The van der Waals surface area contributed by atoms with Crippen molar-refractivity contribution in [2.45, 2.75) is 19.1 Å². The lowest BCUT2D eigenvalue weighted by Gasteiger charge is -2.27. The smallest absolute Gasteiger partial charge is 0.138 e. The summed E-state index contributed by atoms with van der Waals surface area (Å²) in [6.45, 7) is 2.92. The molecule has 1 N–H and O–H groups in total. The van der Waals surface area contributed by atoms with Crippen molar-refractivity contribution in [3.63, 3.8) is 0 Å². The maximum atomic E-state index is 10.3. The molecule has 0 unspecified atom stereocenters. The van der Waals surface area contributed by atoms with Gasteiger partial charge in [-0.05, 0) is 43.8 Å². The van der Waals surface area contributed by atoms with Crippen molar-refractivity contribution in [3.8, 4) is 11.4 Å². The predicted octanol–water partition coefficient (Wildman–Crippen LogP) is 2.70. The number of para-hydroxylation sites is 1. The molecule has 0 bridgehead atoms. The molecule has 3 rings (SSSR count). The minimum atomic E-state index is -0.558. The quantitative estimate of drug-likeness (QED) is 0.675. The molecular formula is C20H24N4O2. The monoisotopic (exact) mass is 352 g/mol. The lowest BCUT2D eigenvalue weighted by molar-refractivity contribution is 0.0654. The van der Waals surface area contributed by atoms with Crippen molar-refractivity contribution in [1.82, 2.24) is 19.7 Å². The summed E-state index contributed by atoms with van der Waals surface area (Å²) in [5.74, 6) is 0.769. The van der Waals surface area contributed by atoms with Crippen molar-refractivity contribution in [3.05, 3.63) is 72.8 Å². The summed E-state index contributed by atoms with van der Waals surface area (Å²) in [7, 11) is 2.00. The molecule has 0 amide bonds. The van der Waals surface area contributed by atoms with Crippen LogP contribution in [-0.2, 0) is 0 Å². The normalized spacial score (nSPS) is 13.5.